The SMILES string of the molecule is O=C1NCC2(CCNCC2)Oc2ccccc21. The Morgan fingerprint density at radius 2 is 1.94 bits per heavy atom. The maximum atomic E-state index is 11.9. The van der Waals surface area contributed by atoms with E-state index in [2.05, 4.69) is 10.6 Å². The largest absolute Gasteiger partial charge is 0.485 e. The molecule has 0 aromatic heterocycles. The summed E-state index contributed by atoms with van der Waals surface area (Å²) in [6.45, 7) is 2.48. The van der Waals surface area contributed by atoms with E-state index in [-0.39, 0.29) is 11.5 Å². The van der Waals surface area contributed by atoms with Gasteiger partial charge in [-0.05, 0) is 25.2 Å². The predicted molar refractivity (Wildman–Crippen MR) is 64.2 cm³/mol. The van der Waals surface area contributed by atoms with E-state index in [0.717, 1.165) is 25.9 Å². The van der Waals surface area contributed by atoms with Crippen molar-refractivity contribution in [3.05, 3.63) is 29.8 Å². The summed E-state index contributed by atoms with van der Waals surface area (Å²) in [4.78, 5) is 11.9. The molecule has 1 aromatic rings. The molecule has 1 saturated heterocycles. The first-order chi connectivity index (χ1) is 8.29. The summed E-state index contributed by atoms with van der Waals surface area (Å²) in [5.41, 5.74) is 0.413. The number of rotatable bonds is 0. The Morgan fingerprint density at radius 3 is 2.76 bits per heavy atom. The zero-order valence-corrected chi connectivity index (χ0v) is 9.66. The molecule has 0 saturated carbocycles. The first kappa shape index (κ1) is 10.6. The van der Waals surface area contributed by atoms with E-state index in [0.29, 0.717) is 17.9 Å². The second-order valence-corrected chi connectivity index (χ2v) is 4.71. The first-order valence-electron chi connectivity index (χ1n) is 6.06. The Balaban J connectivity index is 1.96. The number of benzene rings is 1. The summed E-state index contributed by atoms with van der Waals surface area (Å²) >= 11 is 0. The van der Waals surface area contributed by atoms with Crippen molar-refractivity contribution < 1.29 is 9.53 Å². The standard InChI is InChI=1S/C13H16N2O2/c16-12-10-3-1-2-4-11(10)17-13(9-15-12)5-7-14-8-6-13/h1-4,14H,5-9H2,(H,15,16). The normalized spacial score (nSPS) is 22.2. The van der Waals surface area contributed by atoms with Crippen molar-refractivity contribution >= 4 is 5.91 Å². The quantitative estimate of drug-likeness (QED) is 0.699. The summed E-state index contributed by atoms with van der Waals surface area (Å²) in [6.07, 6.45) is 1.86. The highest BCUT2D eigenvalue weighted by molar-refractivity contribution is 5.97. The van der Waals surface area contributed by atoms with Gasteiger partial charge in [0.05, 0.1) is 12.1 Å². The van der Waals surface area contributed by atoms with Gasteiger partial charge in [0.25, 0.3) is 5.91 Å². The predicted octanol–water partition coefficient (Wildman–Crippen LogP) is 0.931. The molecule has 1 fully saturated rings. The van der Waals surface area contributed by atoms with E-state index < -0.39 is 0 Å². The van der Waals surface area contributed by atoms with Crippen LogP contribution in [0.3, 0.4) is 0 Å². The molecule has 4 nitrogen and oxygen atoms in total. The van der Waals surface area contributed by atoms with Crippen molar-refractivity contribution in [1.29, 1.82) is 0 Å². The molecule has 0 radical (unpaired) electrons. The van der Waals surface area contributed by atoms with Crippen LogP contribution in [0.1, 0.15) is 23.2 Å². The molecule has 2 aliphatic heterocycles. The zero-order chi connectivity index (χ0) is 11.7. The Morgan fingerprint density at radius 1 is 1.18 bits per heavy atom. The number of hydrogen-bond acceptors (Lipinski definition) is 3. The second kappa shape index (κ2) is 4.04. The van der Waals surface area contributed by atoms with E-state index in [4.69, 9.17) is 4.74 Å². The molecule has 2 N–H and O–H groups in total. The van der Waals surface area contributed by atoms with Crippen LogP contribution < -0.4 is 15.4 Å². The molecule has 17 heavy (non-hydrogen) atoms. The lowest BCUT2D eigenvalue weighted by Crippen LogP contribution is -2.52. The van der Waals surface area contributed by atoms with Gasteiger partial charge in [0.15, 0.2) is 0 Å². The monoisotopic (exact) mass is 232 g/mol. The molecule has 1 amide bonds. The van der Waals surface area contributed by atoms with Crippen LogP contribution >= 0.6 is 0 Å². The number of para-hydroxylation sites is 1. The van der Waals surface area contributed by atoms with Gasteiger partial charge >= 0.3 is 0 Å². The van der Waals surface area contributed by atoms with Gasteiger partial charge < -0.3 is 15.4 Å². The van der Waals surface area contributed by atoms with Crippen LogP contribution in [0.4, 0.5) is 0 Å². The summed E-state index contributed by atoms with van der Waals surface area (Å²) in [5, 5.41) is 6.29. The van der Waals surface area contributed by atoms with E-state index in [9.17, 15) is 4.79 Å². The second-order valence-electron chi connectivity index (χ2n) is 4.71. The van der Waals surface area contributed by atoms with E-state index in [1.165, 1.54) is 0 Å². The third-order valence-corrected chi connectivity index (χ3v) is 3.54. The number of amides is 1. The van der Waals surface area contributed by atoms with E-state index in [1.807, 2.05) is 24.3 Å². The first-order valence-corrected chi connectivity index (χ1v) is 6.06. The number of hydrogen-bond donors (Lipinski definition) is 2. The number of ether oxygens (including phenoxy) is 1. The number of carbonyl (C=O) groups is 1. The lowest BCUT2D eigenvalue weighted by atomic mass is 9.92. The molecule has 4 heteroatoms. The fraction of sp³-hybridized carbons (Fsp3) is 0.462. The van der Waals surface area contributed by atoms with Crippen LogP contribution in [-0.2, 0) is 0 Å². The van der Waals surface area contributed by atoms with Crippen molar-refractivity contribution in [3.8, 4) is 5.75 Å². The minimum Gasteiger partial charge on any atom is -0.485 e. The fourth-order valence-electron chi connectivity index (χ4n) is 2.51. The Hall–Kier alpha value is -1.55. The van der Waals surface area contributed by atoms with Gasteiger partial charge in [-0.25, -0.2) is 0 Å². The van der Waals surface area contributed by atoms with Gasteiger partial charge in [-0.1, -0.05) is 12.1 Å². The smallest absolute Gasteiger partial charge is 0.255 e. The summed E-state index contributed by atoms with van der Waals surface area (Å²) in [5.74, 6) is 0.681. The van der Waals surface area contributed by atoms with Crippen molar-refractivity contribution in [2.24, 2.45) is 0 Å². The molecule has 90 valence electrons. The molecule has 0 atom stereocenters. The highest BCUT2D eigenvalue weighted by atomic mass is 16.5. The molecule has 0 aliphatic carbocycles. The number of carbonyl (C=O) groups excluding carboxylic acids is 1. The van der Waals surface area contributed by atoms with Gasteiger partial charge in [0, 0.05) is 12.8 Å². The molecule has 0 bridgehead atoms. The fourth-order valence-corrected chi connectivity index (χ4v) is 2.51. The van der Waals surface area contributed by atoms with Crippen molar-refractivity contribution in [2.45, 2.75) is 18.4 Å². The third kappa shape index (κ3) is 1.89. The van der Waals surface area contributed by atoms with Gasteiger partial charge in [-0.3, -0.25) is 4.79 Å². The molecule has 2 aliphatic rings. The topological polar surface area (TPSA) is 50.4 Å². The van der Waals surface area contributed by atoms with Crippen molar-refractivity contribution in [1.82, 2.24) is 10.6 Å². The third-order valence-electron chi connectivity index (χ3n) is 3.54. The highest BCUT2D eigenvalue weighted by Gasteiger charge is 2.37. The molecule has 2 heterocycles. The van der Waals surface area contributed by atoms with Gasteiger partial charge in [0.1, 0.15) is 11.4 Å². The van der Waals surface area contributed by atoms with Crippen LogP contribution in [0, 0.1) is 0 Å². The average Bonchev–Trinajstić information content (AvgIpc) is 2.50. The Bertz CT molecular complexity index is 439. The maximum Gasteiger partial charge on any atom is 0.255 e. The van der Waals surface area contributed by atoms with E-state index in [1.54, 1.807) is 0 Å². The summed E-state index contributed by atoms with van der Waals surface area (Å²) < 4.78 is 6.13. The zero-order valence-electron chi connectivity index (χ0n) is 9.66. The molecular formula is C13H16N2O2. The molecule has 1 aromatic carbocycles. The van der Waals surface area contributed by atoms with Crippen LogP contribution in [0.2, 0.25) is 0 Å². The molecule has 1 spiro atoms. The van der Waals surface area contributed by atoms with Gasteiger partial charge in [0.2, 0.25) is 0 Å². The van der Waals surface area contributed by atoms with Crippen molar-refractivity contribution in [2.75, 3.05) is 19.6 Å². The molecule has 0 unspecified atom stereocenters. The molecule has 3 rings (SSSR count). The van der Waals surface area contributed by atoms with Gasteiger partial charge in [-0.2, -0.15) is 0 Å². The minimum absolute atomic E-state index is 0.0315. The maximum absolute atomic E-state index is 11.9. The Kier molecular flexibility index (Phi) is 2.52. The minimum atomic E-state index is -0.229. The highest BCUT2D eigenvalue weighted by Crippen LogP contribution is 2.30. The summed E-state index contributed by atoms with van der Waals surface area (Å²) in [6, 6.07) is 7.46. The number of fused-ring (bicyclic) bond motifs is 1. The van der Waals surface area contributed by atoms with Crippen LogP contribution in [0.25, 0.3) is 0 Å². The lowest BCUT2D eigenvalue weighted by molar-refractivity contribution is 0.0414. The van der Waals surface area contributed by atoms with Crippen LogP contribution in [-0.4, -0.2) is 31.1 Å². The Labute approximate surface area is 100 Å². The summed E-state index contributed by atoms with van der Waals surface area (Å²) in [7, 11) is 0. The number of piperidine rings is 1. The molecular weight excluding hydrogens is 216 g/mol. The van der Waals surface area contributed by atoms with Crippen molar-refractivity contribution in [3.63, 3.8) is 0 Å². The lowest BCUT2D eigenvalue weighted by Gasteiger charge is -2.36. The van der Waals surface area contributed by atoms with Crippen LogP contribution in [0.15, 0.2) is 24.3 Å². The van der Waals surface area contributed by atoms with Gasteiger partial charge in [-0.15, -0.1) is 0 Å². The number of nitrogens with one attached hydrogen (secondary N) is 2. The van der Waals surface area contributed by atoms with E-state index >= 15 is 0 Å². The van der Waals surface area contributed by atoms with Crippen LogP contribution in [0.5, 0.6) is 5.75 Å². The average molecular weight is 232 g/mol.